The van der Waals surface area contributed by atoms with E-state index in [1.165, 1.54) is 21.3 Å². The number of carbonyl (C=O) groups excluding carboxylic acids is 1. The molecule has 0 bridgehead atoms. The number of thioether (sulfide) groups is 1. The molecule has 21 heavy (non-hydrogen) atoms. The Hall–Kier alpha value is -1.75. The number of benzene rings is 1. The molecule has 0 amide bonds. The lowest BCUT2D eigenvalue weighted by atomic mass is 9.82. The second-order valence-electron chi connectivity index (χ2n) is 6.16. The van der Waals surface area contributed by atoms with Gasteiger partial charge in [-0.25, -0.2) is 0 Å². The maximum atomic E-state index is 12.7. The third-order valence-corrected chi connectivity index (χ3v) is 5.64. The lowest BCUT2D eigenvalue weighted by molar-refractivity contribution is 0.103. The first-order chi connectivity index (χ1) is 9.83. The van der Waals surface area contributed by atoms with Gasteiger partial charge >= 0.3 is 0 Å². The Labute approximate surface area is 127 Å². The van der Waals surface area contributed by atoms with E-state index < -0.39 is 0 Å². The molecule has 0 unspecified atom stereocenters. The van der Waals surface area contributed by atoms with Gasteiger partial charge in [-0.1, -0.05) is 13.8 Å². The molecule has 110 valence electrons. The third-order valence-electron chi connectivity index (χ3n) is 4.12. The number of fused-ring (bicyclic) bond motifs is 1. The van der Waals surface area contributed by atoms with E-state index in [1.54, 1.807) is 7.05 Å². The van der Waals surface area contributed by atoms with Gasteiger partial charge < -0.3 is 5.10 Å². The summed E-state index contributed by atoms with van der Waals surface area (Å²) < 4.78 is 1.32. The van der Waals surface area contributed by atoms with Crippen LogP contribution in [0, 0.1) is 6.92 Å². The van der Waals surface area contributed by atoms with Crippen LogP contribution < -0.4 is 5.56 Å². The summed E-state index contributed by atoms with van der Waals surface area (Å²) in [5.41, 5.74) is 2.84. The van der Waals surface area contributed by atoms with E-state index >= 15 is 0 Å². The molecule has 0 aliphatic carbocycles. The Kier molecular flexibility index (Phi) is 3.13. The summed E-state index contributed by atoms with van der Waals surface area (Å²) in [5, 5.41) is 2.75. The van der Waals surface area contributed by atoms with Crippen LogP contribution >= 0.6 is 11.8 Å². The maximum Gasteiger partial charge on any atom is 0.277 e. The standard InChI is InChI=1S/C16H18N2O2S/c1-9-10(14(19)11-7-17-18(4)15(11)20)5-6-12-13(9)16(2,3)8-21-12/h5-7,17H,8H2,1-4H3. The van der Waals surface area contributed by atoms with Crippen LogP contribution in [-0.4, -0.2) is 21.3 Å². The summed E-state index contributed by atoms with van der Waals surface area (Å²) in [4.78, 5) is 25.9. The smallest absolute Gasteiger partial charge is 0.277 e. The van der Waals surface area contributed by atoms with Gasteiger partial charge in [0.25, 0.3) is 5.56 Å². The molecule has 4 nitrogen and oxygen atoms in total. The molecule has 5 heteroatoms. The summed E-state index contributed by atoms with van der Waals surface area (Å²) in [5.74, 6) is 0.817. The SMILES string of the molecule is Cc1c(C(=O)c2c[nH]n(C)c2=O)ccc2c1C(C)(C)CS2. The molecular formula is C16H18N2O2S. The first-order valence-electron chi connectivity index (χ1n) is 6.89. The van der Waals surface area contributed by atoms with E-state index in [9.17, 15) is 9.59 Å². The highest BCUT2D eigenvalue weighted by molar-refractivity contribution is 7.99. The van der Waals surface area contributed by atoms with Crippen molar-refractivity contribution in [1.29, 1.82) is 0 Å². The number of aromatic amines is 1. The van der Waals surface area contributed by atoms with Crippen LogP contribution in [0.1, 0.15) is 40.9 Å². The molecule has 1 aliphatic rings. The molecule has 2 heterocycles. The second-order valence-corrected chi connectivity index (χ2v) is 7.18. The molecule has 3 rings (SSSR count). The topological polar surface area (TPSA) is 54.9 Å². The minimum atomic E-state index is -0.284. The van der Waals surface area contributed by atoms with Crippen molar-refractivity contribution in [3.8, 4) is 0 Å². The molecule has 0 saturated carbocycles. The van der Waals surface area contributed by atoms with Crippen molar-refractivity contribution in [3.63, 3.8) is 0 Å². The van der Waals surface area contributed by atoms with Gasteiger partial charge in [-0.05, 0) is 30.2 Å². The van der Waals surface area contributed by atoms with Gasteiger partial charge in [-0.3, -0.25) is 14.3 Å². The Morgan fingerprint density at radius 3 is 2.67 bits per heavy atom. The molecule has 0 fully saturated rings. The number of ketones is 1. The van der Waals surface area contributed by atoms with Crippen LogP contribution in [0.25, 0.3) is 0 Å². The summed E-state index contributed by atoms with van der Waals surface area (Å²) >= 11 is 1.83. The fourth-order valence-electron chi connectivity index (χ4n) is 2.99. The molecule has 0 radical (unpaired) electrons. The van der Waals surface area contributed by atoms with Crippen LogP contribution in [-0.2, 0) is 12.5 Å². The Morgan fingerprint density at radius 1 is 1.33 bits per heavy atom. The monoisotopic (exact) mass is 302 g/mol. The van der Waals surface area contributed by atoms with Gasteiger partial charge in [-0.15, -0.1) is 11.8 Å². The van der Waals surface area contributed by atoms with Crippen LogP contribution in [0.3, 0.4) is 0 Å². The quantitative estimate of drug-likeness (QED) is 0.868. The fourth-order valence-corrected chi connectivity index (χ4v) is 4.39. The van der Waals surface area contributed by atoms with Gasteiger partial charge in [0.05, 0.1) is 0 Å². The molecular weight excluding hydrogens is 284 g/mol. The molecule has 0 saturated heterocycles. The van der Waals surface area contributed by atoms with Crippen LogP contribution in [0.4, 0.5) is 0 Å². The lowest BCUT2D eigenvalue weighted by Crippen LogP contribution is -2.22. The number of hydrogen-bond acceptors (Lipinski definition) is 3. The maximum absolute atomic E-state index is 12.7. The largest absolute Gasteiger partial charge is 0.302 e. The van der Waals surface area contributed by atoms with Crippen molar-refractivity contribution >= 4 is 17.5 Å². The summed E-state index contributed by atoms with van der Waals surface area (Å²) in [6.07, 6.45) is 1.48. The highest BCUT2D eigenvalue weighted by Crippen LogP contribution is 2.45. The molecule has 1 aromatic heterocycles. The van der Waals surface area contributed by atoms with E-state index in [0.717, 1.165) is 11.3 Å². The zero-order chi connectivity index (χ0) is 15.4. The molecule has 1 aliphatic heterocycles. The van der Waals surface area contributed by atoms with Gasteiger partial charge in [-0.2, -0.15) is 0 Å². The van der Waals surface area contributed by atoms with Crippen molar-refractivity contribution < 1.29 is 4.79 Å². The van der Waals surface area contributed by atoms with Gasteiger partial charge in [0.2, 0.25) is 0 Å². The molecule has 2 aromatic rings. The van der Waals surface area contributed by atoms with E-state index in [-0.39, 0.29) is 22.3 Å². The number of aryl methyl sites for hydroxylation is 1. The molecule has 0 spiro atoms. The minimum Gasteiger partial charge on any atom is -0.302 e. The Morgan fingerprint density at radius 2 is 2.05 bits per heavy atom. The summed E-state index contributed by atoms with van der Waals surface area (Å²) in [6, 6.07) is 3.85. The number of aromatic nitrogens is 2. The first-order valence-corrected chi connectivity index (χ1v) is 7.87. The average molecular weight is 302 g/mol. The number of H-pyrrole nitrogens is 1. The van der Waals surface area contributed by atoms with E-state index in [1.807, 2.05) is 30.8 Å². The Bertz CT molecular complexity index is 799. The van der Waals surface area contributed by atoms with Gasteiger partial charge in [0, 0.05) is 34.9 Å². The molecule has 1 aromatic carbocycles. The van der Waals surface area contributed by atoms with E-state index in [2.05, 4.69) is 18.9 Å². The predicted molar refractivity (Wildman–Crippen MR) is 84.4 cm³/mol. The number of nitrogens with one attached hydrogen (secondary N) is 1. The van der Waals surface area contributed by atoms with Crippen molar-refractivity contribution in [3.05, 3.63) is 50.9 Å². The number of carbonyl (C=O) groups is 1. The van der Waals surface area contributed by atoms with Gasteiger partial charge in [0.15, 0.2) is 5.78 Å². The van der Waals surface area contributed by atoms with Crippen LogP contribution in [0.5, 0.6) is 0 Å². The number of hydrogen-bond donors (Lipinski definition) is 1. The number of rotatable bonds is 2. The van der Waals surface area contributed by atoms with Crippen molar-refractivity contribution in [2.24, 2.45) is 7.05 Å². The average Bonchev–Trinajstić information content (AvgIpc) is 2.91. The predicted octanol–water partition coefficient (Wildman–Crippen LogP) is 2.64. The van der Waals surface area contributed by atoms with Crippen molar-refractivity contribution in [1.82, 2.24) is 9.78 Å². The fraction of sp³-hybridized carbons (Fsp3) is 0.375. The van der Waals surface area contributed by atoms with E-state index in [4.69, 9.17) is 0 Å². The number of nitrogens with zero attached hydrogens (tertiary/aromatic N) is 1. The van der Waals surface area contributed by atoms with Crippen molar-refractivity contribution in [2.45, 2.75) is 31.1 Å². The molecule has 0 atom stereocenters. The highest BCUT2D eigenvalue weighted by atomic mass is 32.2. The minimum absolute atomic E-state index is 0.0590. The third kappa shape index (κ3) is 2.07. The second kappa shape index (κ2) is 4.63. The van der Waals surface area contributed by atoms with Crippen molar-refractivity contribution in [2.75, 3.05) is 5.75 Å². The lowest BCUT2D eigenvalue weighted by Gasteiger charge is -2.21. The van der Waals surface area contributed by atoms with Crippen LogP contribution in [0.2, 0.25) is 0 Å². The first kappa shape index (κ1) is 14.2. The van der Waals surface area contributed by atoms with Gasteiger partial charge in [0.1, 0.15) is 5.56 Å². The Balaban J connectivity index is 2.15. The summed E-state index contributed by atoms with van der Waals surface area (Å²) in [6.45, 7) is 6.38. The normalized spacial score (nSPS) is 16.0. The zero-order valence-corrected chi connectivity index (χ0v) is 13.4. The highest BCUT2D eigenvalue weighted by Gasteiger charge is 2.34. The molecule has 1 N–H and O–H groups in total. The summed E-state index contributed by atoms with van der Waals surface area (Å²) in [7, 11) is 1.61. The van der Waals surface area contributed by atoms with E-state index in [0.29, 0.717) is 5.56 Å². The van der Waals surface area contributed by atoms with Crippen LogP contribution in [0.15, 0.2) is 28.0 Å². The zero-order valence-electron chi connectivity index (χ0n) is 12.6.